The summed E-state index contributed by atoms with van der Waals surface area (Å²) >= 11 is 0. The topological polar surface area (TPSA) is 86.7 Å². The minimum atomic E-state index is -3.49. The van der Waals surface area contributed by atoms with Crippen LogP contribution in [0, 0.1) is 5.92 Å². The van der Waals surface area contributed by atoms with Crippen LogP contribution in [0.2, 0.25) is 0 Å². The van der Waals surface area contributed by atoms with Crippen LogP contribution >= 0.6 is 0 Å². The van der Waals surface area contributed by atoms with Crippen molar-refractivity contribution in [3.8, 4) is 0 Å². The van der Waals surface area contributed by atoms with Crippen LogP contribution in [0.5, 0.6) is 0 Å². The largest absolute Gasteiger partial charge is 0.270 e. The summed E-state index contributed by atoms with van der Waals surface area (Å²) < 4.78 is 51.8. The highest BCUT2D eigenvalue weighted by Gasteiger charge is 2.13. The Morgan fingerprint density at radius 2 is 1.27 bits per heavy atom. The second-order valence-corrected chi connectivity index (χ2v) is 6.54. The third-order valence-electron chi connectivity index (χ3n) is 1.61. The van der Waals surface area contributed by atoms with Crippen LogP contribution in [0.25, 0.3) is 0 Å². The normalized spacial score (nSPS) is 13.3. The first kappa shape index (κ1) is 14.8. The molecule has 0 saturated carbocycles. The van der Waals surface area contributed by atoms with E-state index in [-0.39, 0.29) is 19.1 Å². The summed E-state index contributed by atoms with van der Waals surface area (Å²) in [7, 11) is -6.98. The van der Waals surface area contributed by atoms with Gasteiger partial charge in [-0.1, -0.05) is 6.92 Å². The lowest BCUT2D eigenvalue weighted by Gasteiger charge is -2.13. The zero-order chi connectivity index (χ0) is 12.1. The van der Waals surface area contributed by atoms with Gasteiger partial charge >= 0.3 is 0 Å². The number of rotatable bonds is 7. The zero-order valence-electron chi connectivity index (χ0n) is 8.96. The Morgan fingerprint density at radius 1 is 0.933 bits per heavy atom. The molecule has 0 aliphatic heterocycles. The summed E-state index contributed by atoms with van der Waals surface area (Å²) in [6, 6.07) is 0. The molecule has 0 radical (unpaired) electrons. The lowest BCUT2D eigenvalue weighted by Crippen LogP contribution is -2.19. The van der Waals surface area contributed by atoms with E-state index in [1.807, 2.05) is 0 Å². The first-order valence-electron chi connectivity index (χ1n) is 4.33. The van der Waals surface area contributed by atoms with E-state index >= 15 is 0 Å². The fraction of sp³-hybridized carbons (Fsp3) is 1.00. The van der Waals surface area contributed by atoms with Crippen molar-refractivity contribution in [2.24, 2.45) is 5.92 Å². The van der Waals surface area contributed by atoms with Gasteiger partial charge in [-0.05, 0) is 6.42 Å². The molecule has 0 fully saturated rings. The predicted molar refractivity (Wildman–Crippen MR) is 55.4 cm³/mol. The van der Waals surface area contributed by atoms with Gasteiger partial charge in [0.2, 0.25) is 0 Å². The second-order valence-electron chi connectivity index (χ2n) is 3.25. The van der Waals surface area contributed by atoms with Crippen LogP contribution in [0.3, 0.4) is 0 Å². The maximum Gasteiger partial charge on any atom is 0.264 e. The summed E-state index contributed by atoms with van der Waals surface area (Å²) in [5.41, 5.74) is 0. The highest BCUT2D eigenvalue weighted by molar-refractivity contribution is 7.86. The van der Waals surface area contributed by atoms with Gasteiger partial charge < -0.3 is 0 Å². The molecule has 0 aromatic rings. The Hall–Kier alpha value is -0.180. The molecule has 0 heterocycles. The van der Waals surface area contributed by atoms with E-state index < -0.39 is 20.2 Å². The van der Waals surface area contributed by atoms with Gasteiger partial charge in [0.15, 0.2) is 0 Å². The maximum atomic E-state index is 10.7. The van der Waals surface area contributed by atoms with E-state index in [1.54, 1.807) is 6.92 Å². The molecule has 0 amide bonds. The van der Waals surface area contributed by atoms with Gasteiger partial charge in [-0.15, -0.1) is 0 Å². The zero-order valence-corrected chi connectivity index (χ0v) is 10.6. The molecule has 0 atom stereocenters. The molecule has 8 heteroatoms. The molecule has 92 valence electrons. The van der Waals surface area contributed by atoms with Gasteiger partial charge in [0.1, 0.15) is 0 Å². The average molecular weight is 260 g/mol. The fourth-order valence-electron chi connectivity index (χ4n) is 0.723. The van der Waals surface area contributed by atoms with Crippen LogP contribution in [0.4, 0.5) is 0 Å². The lowest BCUT2D eigenvalue weighted by molar-refractivity contribution is 0.183. The minimum absolute atomic E-state index is 0.0646. The number of hydrogen-bond donors (Lipinski definition) is 0. The highest BCUT2D eigenvalue weighted by Crippen LogP contribution is 2.07. The molecule has 15 heavy (non-hydrogen) atoms. The highest BCUT2D eigenvalue weighted by atomic mass is 32.2. The van der Waals surface area contributed by atoms with Gasteiger partial charge in [-0.25, -0.2) is 0 Å². The molecule has 0 aliphatic carbocycles. The van der Waals surface area contributed by atoms with Crippen LogP contribution in [-0.2, 0) is 28.6 Å². The molecular formula is C7H16O6S2. The molecule has 6 nitrogen and oxygen atoms in total. The monoisotopic (exact) mass is 260 g/mol. The van der Waals surface area contributed by atoms with E-state index in [4.69, 9.17) is 0 Å². The standard InChI is InChI=1S/C7H16O6S2/c1-4-7(5-12-14(2,8)9)6-13-15(3,10)11/h7H,4-6H2,1-3H3. The maximum absolute atomic E-state index is 10.7. The fourth-order valence-corrected chi connectivity index (χ4v) is 1.60. The molecule has 0 aromatic carbocycles. The van der Waals surface area contributed by atoms with Crippen molar-refractivity contribution in [1.29, 1.82) is 0 Å². The molecule has 0 saturated heterocycles. The Bertz CT molecular complexity index is 332. The summed E-state index contributed by atoms with van der Waals surface area (Å²) in [6.07, 6.45) is 2.46. The van der Waals surface area contributed by atoms with Gasteiger partial charge in [-0.3, -0.25) is 8.37 Å². The third kappa shape index (κ3) is 10.1. The van der Waals surface area contributed by atoms with Crippen molar-refractivity contribution in [2.75, 3.05) is 25.7 Å². The molecule has 0 bridgehead atoms. The van der Waals surface area contributed by atoms with Crippen LogP contribution in [0.15, 0.2) is 0 Å². The van der Waals surface area contributed by atoms with E-state index in [0.29, 0.717) is 6.42 Å². The quantitative estimate of drug-likeness (QED) is 0.597. The van der Waals surface area contributed by atoms with Crippen molar-refractivity contribution in [2.45, 2.75) is 13.3 Å². The molecule has 0 aromatic heterocycles. The minimum Gasteiger partial charge on any atom is -0.270 e. The lowest BCUT2D eigenvalue weighted by atomic mass is 10.1. The van der Waals surface area contributed by atoms with Gasteiger partial charge in [0, 0.05) is 5.92 Å². The molecule has 0 rings (SSSR count). The van der Waals surface area contributed by atoms with Gasteiger partial charge in [0.25, 0.3) is 20.2 Å². The summed E-state index contributed by atoms with van der Waals surface area (Å²) in [5.74, 6) is -0.255. The van der Waals surface area contributed by atoms with Crippen LogP contribution in [-0.4, -0.2) is 42.6 Å². The van der Waals surface area contributed by atoms with Crippen LogP contribution in [0.1, 0.15) is 13.3 Å². The summed E-state index contributed by atoms with van der Waals surface area (Å²) in [5, 5.41) is 0. The number of hydrogen-bond acceptors (Lipinski definition) is 6. The van der Waals surface area contributed by atoms with E-state index in [0.717, 1.165) is 12.5 Å². The second kappa shape index (κ2) is 5.78. The van der Waals surface area contributed by atoms with Crippen molar-refractivity contribution < 1.29 is 25.2 Å². The Balaban J connectivity index is 4.05. The van der Waals surface area contributed by atoms with Crippen LogP contribution < -0.4 is 0 Å². The predicted octanol–water partition coefficient (Wildman–Crippen LogP) is -0.0350. The van der Waals surface area contributed by atoms with Gasteiger partial charge in [0.05, 0.1) is 25.7 Å². The van der Waals surface area contributed by atoms with E-state index in [1.165, 1.54) is 0 Å². The Labute approximate surface area is 90.8 Å². The molecule has 0 aliphatic rings. The summed E-state index contributed by atoms with van der Waals surface area (Å²) in [6.45, 7) is 1.66. The van der Waals surface area contributed by atoms with Crippen molar-refractivity contribution in [3.63, 3.8) is 0 Å². The molecule has 0 N–H and O–H groups in total. The third-order valence-corrected chi connectivity index (χ3v) is 2.74. The molecule has 0 unspecified atom stereocenters. The first-order valence-corrected chi connectivity index (χ1v) is 7.96. The Kier molecular flexibility index (Phi) is 5.71. The molecule has 0 spiro atoms. The van der Waals surface area contributed by atoms with Crippen molar-refractivity contribution in [1.82, 2.24) is 0 Å². The Morgan fingerprint density at radius 3 is 1.47 bits per heavy atom. The van der Waals surface area contributed by atoms with Gasteiger partial charge in [-0.2, -0.15) is 16.8 Å². The SMILES string of the molecule is CCC(COS(C)(=O)=O)COS(C)(=O)=O. The van der Waals surface area contributed by atoms with E-state index in [9.17, 15) is 16.8 Å². The van der Waals surface area contributed by atoms with Crippen molar-refractivity contribution >= 4 is 20.2 Å². The average Bonchev–Trinajstić information content (AvgIpc) is 2.00. The molecular weight excluding hydrogens is 244 g/mol. The first-order chi connectivity index (χ1) is 6.64. The summed E-state index contributed by atoms with van der Waals surface area (Å²) in [4.78, 5) is 0. The van der Waals surface area contributed by atoms with Crippen molar-refractivity contribution in [3.05, 3.63) is 0 Å². The van der Waals surface area contributed by atoms with E-state index in [2.05, 4.69) is 8.37 Å². The smallest absolute Gasteiger partial charge is 0.264 e.